The minimum atomic E-state index is -3.59. The zero-order valence-corrected chi connectivity index (χ0v) is 55.6. The van der Waals surface area contributed by atoms with E-state index in [1.165, 1.54) is 17.2 Å². The summed E-state index contributed by atoms with van der Waals surface area (Å²) in [7, 11) is -14.4. The third kappa shape index (κ3) is 17.8. The Labute approximate surface area is 515 Å². The first-order valence-electron chi connectivity index (χ1n) is 27.1. The third-order valence-electron chi connectivity index (χ3n) is 14.7. The van der Waals surface area contributed by atoms with Gasteiger partial charge in [-0.25, -0.2) is 76.0 Å². The summed E-state index contributed by atoms with van der Waals surface area (Å²) in [6, 6.07) is 25.1. The van der Waals surface area contributed by atoms with Crippen LogP contribution in [0.3, 0.4) is 0 Å². The van der Waals surface area contributed by atoms with Gasteiger partial charge in [0.25, 0.3) is 0 Å². The Balaban J connectivity index is 0.000000285. The van der Waals surface area contributed by atoms with Gasteiger partial charge in [0.1, 0.15) is 0 Å². The van der Waals surface area contributed by atoms with Crippen LogP contribution in [0, 0.1) is 0 Å². The van der Waals surface area contributed by atoms with Gasteiger partial charge < -0.3 is 19.2 Å². The number of hydrogen-bond acceptors (Lipinski definition) is 12. The number of benzene rings is 4. The van der Waals surface area contributed by atoms with Crippen molar-refractivity contribution in [3.63, 3.8) is 0 Å². The van der Waals surface area contributed by atoms with Gasteiger partial charge >= 0.3 is 39.0 Å². The SMILES string of the molecule is CC(C)(C)c1ccc(S(=O)(=O)N2CCC[C@H]2[C-]=O)cc1.CC(C)(C)c1ccc(S(=O)(=O)N2CCC[C@H]2[C-]=O)cc1.CC(C)(C)c1ccc(S(=O)(=O)N2CCC[C@H]2[C-]=O)cc1.CC(C)(C)c1ccc(S(=O)(=O)N2CCC[C@H]2[C-]=O)cc1.[Rh+2].[Rh+2]. The van der Waals surface area contributed by atoms with Gasteiger partial charge in [0, 0.05) is 26.2 Å². The van der Waals surface area contributed by atoms with Gasteiger partial charge in [0.15, 0.2) is 0 Å². The molecule has 4 atom stereocenters. The first-order valence-corrected chi connectivity index (χ1v) is 32.8. The molecule has 4 aromatic rings. The average molecular weight is 1380 g/mol. The maximum Gasteiger partial charge on any atom is 2.00 e. The summed E-state index contributed by atoms with van der Waals surface area (Å²) >= 11 is 0. The van der Waals surface area contributed by atoms with Crippen LogP contribution in [0.4, 0.5) is 0 Å². The van der Waals surface area contributed by atoms with Crippen LogP contribution in [0.1, 0.15) is 157 Å². The zero-order valence-electron chi connectivity index (χ0n) is 49.0. The summed E-state index contributed by atoms with van der Waals surface area (Å²) in [6.45, 7) is 26.5. The molecule has 0 aliphatic carbocycles. The molecule has 0 N–H and O–H groups in total. The second kappa shape index (κ2) is 29.2. The number of carbonyl (C=O) groups excluding carboxylic acids is 4. The minimum absolute atomic E-state index is 0. The van der Waals surface area contributed by atoms with Crippen LogP contribution >= 0.6 is 0 Å². The summed E-state index contributed by atoms with van der Waals surface area (Å²) in [5, 5.41) is 0. The third-order valence-corrected chi connectivity index (χ3v) is 22.4. The molecule has 4 aliphatic heterocycles. The van der Waals surface area contributed by atoms with E-state index in [1.54, 1.807) is 48.5 Å². The Bertz CT molecular complexity index is 2790. The van der Waals surface area contributed by atoms with Crippen molar-refractivity contribution in [3.8, 4) is 0 Å². The zero-order chi connectivity index (χ0) is 59.9. The monoisotopic (exact) mass is 1380 g/mol. The van der Waals surface area contributed by atoms with E-state index >= 15 is 0 Å². The first-order chi connectivity index (χ1) is 37.1. The molecule has 0 aromatic heterocycles. The summed E-state index contributed by atoms with van der Waals surface area (Å²) < 4.78 is 105. The number of nitrogens with zero attached hydrogens (tertiary/aromatic N) is 4. The fourth-order valence-electron chi connectivity index (χ4n) is 9.63. The summed E-state index contributed by atoms with van der Waals surface area (Å²) in [5.74, 6) is 0. The normalized spacial score (nSPS) is 20.5. The van der Waals surface area contributed by atoms with Gasteiger partial charge in [-0.15, -0.1) is 0 Å². The molecule has 4 fully saturated rings. The van der Waals surface area contributed by atoms with Crippen LogP contribution < -0.4 is 0 Å². The predicted molar refractivity (Wildman–Crippen MR) is 311 cm³/mol. The van der Waals surface area contributed by atoms with Crippen molar-refractivity contribution in [3.05, 3.63) is 119 Å². The maximum absolute atomic E-state index is 12.5. The van der Waals surface area contributed by atoms with E-state index in [2.05, 4.69) is 83.1 Å². The van der Waals surface area contributed by atoms with Crippen molar-refractivity contribution in [1.29, 1.82) is 0 Å². The Morgan fingerprint density at radius 2 is 0.451 bits per heavy atom. The Hall–Kier alpha value is -3.55. The van der Waals surface area contributed by atoms with Crippen LogP contribution in [0.2, 0.25) is 0 Å². The minimum Gasteiger partial charge on any atom is -0.540 e. The van der Waals surface area contributed by atoms with Crippen LogP contribution in [0.25, 0.3) is 0 Å². The van der Waals surface area contributed by atoms with Crippen molar-refractivity contribution in [2.75, 3.05) is 26.2 Å². The van der Waals surface area contributed by atoms with Crippen molar-refractivity contribution >= 4 is 65.2 Å². The Morgan fingerprint density at radius 1 is 0.305 bits per heavy atom. The van der Waals surface area contributed by atoms with Crippen LogP contribution in [0.15, 0.2) is 117 Å². The van der Waals surface area contributed by atoms with E-state index in [-0.39, 0.29) is 80.2 Å². The van der Waals surface area contributed by atoms with E-state index in [0.29, 0.717) is 77.5 Å². The topological polar surface area (TPSA) is 218 Å². The van der Waals surface area contributed by atoms with Crippen LogP contribution in [-0.2, 0) is 120 Å². The molecule has 0 amide bonds. The van der Waals surface area contributed by atoms with Crippen molar-refractivity contribution in [1.82, 2.24) is 17.2 Å². The predicted octanol–water partition coefficient (Wildman–Crippen LogP) is 8.98. The second-order valence-electron chi connectivity index (χ2n) is 24.7. The molecular weight excluding hydrogens is 1300 g/mol. The van der Waals surface area contributed by atoms with E-state index in [1.807, 2.05) is 73.7 Å². The molecule has 0 bridgehead atoms. The fraction of sp³-hybridized carbons (Fsp3) is 0.533. The molecule has 2 radical (unpaired) electrons. The summed E-state index contributed by atoms with van der Waals surface area (Å²) in [6.07, 6.45) is 12.4. The summed E-state index contributed by atoms with van der Waals surface area (Å²) in [4.78, 5) is 44.4. The molecule has 4 aliphatic rings. The van der Waals surface area contributed by atoms with Crippen LogP contribution in [-0.4, -0.2) is 126 Å². The quantitative estimate of drug-likeness (QED) is 0.0959. The molecule has 0 spiro atoms. The van der Waals surface area contributed by atoms with Crippen molar-refractivity contribution < 1.29 is 91.8 Å². The molecule has 454 valence electrons. The van der Waals surface area contributed by atoms with Crippen molar-refractivity contribution in [2.45, 2.75) is 200 Å². The van der Waals surface area contributed by atoms with Crippen molar-refractivity contribution in [2.24, 2.45) is 0 Å². The molecule has 4 aromatic carbocycles. The summed E-state index contributed by atoms with van der Waals surface area (Å²) in [5.41, 5.74) is 4.24. The average Bonchev–Trinajstić information content (AvgIpc) is 4.26. The molecule has 4 saturated heterocycles. The van der Waals surface area contributed by atoms with Gasteiger partial charge in [-0.2, -0.15) is 0 Å². The molecule has 16 nitrogen and oxygen atoms in total. The number of hydrogen-bond donors (Lipinski definition) is 0. The van der Waals surface area contributed by atoms with Gasteiger partial charge in [-0.1, -0.05) is 181 Å². The molecule has 22 heteroatoms. The Morgan fingerprint density at radius 3 is 0.573 bits per heavy atom. The molecule has 0 saturated carbocycles. The largest absolute Gasteiger partial charge is 2.00 e. The number of rotatable bonds is 12. The Kier molecular flexibility index (Phi) is 25.9. The second-order valence-corrected chi connectivity index (χ2v) is 32.2. The van der Waals surface area contributed by atoms with Gasteiger partial charge in [0.2, 0.25) is 40.1 Å². The molecule has 82 heavy (non-hydrogen) atoms. The molecule has 0 unspecified atom stereocenters. The molecule has 8 rings (SSSR count). The van der Waals surface area contributed by atoms with E-state index in [9.17, 15) is 52.8 Å². The van der Waals surface area contributed by atoms with Gasteiger partial charge in [0.05, 0.1) is 19.6 Å². The molecular formula is C60H80N4O12Rh2S4. The first kappa shape index (κ1) is 72.7. The molecule has 4 heterocycles. The van der Waals surface area contributed by atoms with E-state index in [4.69, 9.17) is 0 Å². The van der Waals surface area contributed by atoms with E-state index < -0.39 is 64.3 Å². The smallest absolute Gasteiger partial charge is 0.540 e. The fourth-order valence-corrected chi connectivity index (χ4v) is 16.0. The standard InChI is InChI=1S/4C15H20NO3S.2Rh/c4*1-15(2,3)12-6-8-14(9-7-12)20(18,19)16-10-4-5-13(16)11-17;;/h4*6-9,13H,4-5,10H2,1-3H3;;/q4*-1;2*+2/t4*13-;;/m0000../s1. The van der Waals surface area contributed by atoms with E-state index in [0.717, 1.165) is 22.3 Å². The van der Waals surface area contributed by atoms with Gasteiger partial charge in [-0.05, 0) is 118 Å². The number of sulfonamides is 4. The van der Waals surface area contributed by atoms with Crippen LogP contribution in [0.5, 0.6) is 0 Å². The van der Waals surface area contributed by atoms with Gasteiger partial charge in [-0.3, -0.25) is 0 Å². The maximum atomic E-state index is 12.5.